The summed E-state index contributed by atoms with van der Waals surface area (Å²) in [7, 11) is 0. The highest BCUT2D eigenvalue weighted by Gasteiger charge is 2.37. The minimum absolute atomic E-state index is 0.118. The van der Waals surface area contributed by atoms with E-state index < -0.39 is 0 Å². The zero-order valence-corrected chi connectivity index (χ0v) is 11.7. The fourth-order valence-corrected chi connectivity index (χ4v) is 2.08. The molecule has 0 spiro atoms. The summed E-state index contributed by atoms with van der Waals surface area (Å²) in [5.41, 5.74) is 0.342. The van der Waals surface area contributed by atoms with Gasteiger partial charge in [0.15, 0.2) is 11.5 Å². The van der Waals surface area contributed by atoms with Crippen LogP contribution >= 0.6 is 0 Å². The van der Waals surface area contributed by atoms with E-state index in [4.69, 9.17) is 9.05 Å². The molecule has 0 bridgehead atoms. The van der Waals surface area contributed by atoms with Gasteiger partial charge in [-0.1, -0.05) is 24.2 Å². The third-order valence-electron chi connectivity index (χ3n) is 3.34. The van der Waals surface area contributed by atoms with Crippen LogP contribution in [0, 0.1) is 6.92 Å². The van der Waals surface area contributed by atoms with Gasteiger partial charge in [-0.05, 0) is 6.92 Å². The van der Waals surface area contributed by atoms with Gasteiger partial charge >= 0.3 is 0 Å². The summed E-state index contributed by atoms with van der Waals surface area (Å²) >= 11 is 0. The highest BCUT2D eigenvalue weighted by Crippen LogP contribution is 2.27. The Hall–Kier alpha value is -2.18. The normalized spacial score (nSPS) is 15.7. The van der Waals surface area contributed by atoms with Gasteiger partial charge in [0.2, 0.25) is 5.89 Å². The van der Waals surface area contributed by atoms with Crippen LogP contribution < -0.4 is 0 Å². The minimum atomic E-state index is -0.123. The molecule has 20 heavy (non-hydrogen) atoms. The topological polar surface area (TPSA) is 85.3 Å². The van der Waals surface area contributed by atoms with Crippen LogP contribution in [0.25, 0.3) is 0 Å². The Bertz CT molecular complexity index is 625. The second-order valence-electron chi connectivity index (χ2n) is 5.38. The van der Waals surface area contributed by atoms with Crippen molar-refractivity contribution in [3.05, 3.63) is 29.2 Å². The molecule has 1 fully saturated rings. The lowest BCUT2D eigenvalue weighted by molar-refractivity contribution is 0.0558. The zero-order chi connectivity index (χ0) is 14.3. The molecular weight excluding hydrogens is 260 g/mol. The van der Waals surface area contributed by atoms with E-state index in [1.54, 1.807) is 17.9 Å². The Morgan fingerprint density at radius 1 is 1.35 bits per heavy atom. The predicted octanol–water partition coefficient (Wildman–Crippen LogP) is 1.73. The highest BCUT2D eigenvalue weighted by molar-refractivity contribution is 5.92. The number of hydrogen-bond donors (Lipinski definition) is 0. The molecule has 0 saturated carbocycles. The van der Waals surface area contributed by atoms with E-state index in [1.807, 2.05) is 13.8 Å². The average molecular weight is 276 g/mol. The van der Waals surface area contributed by atoms with Gasteiger partial charge in [0.05, 0.1) is 5.92 Å². The summed E-state index contributed by atoms with van der Waals surface area (Å²) in [5.74, 6) is 2.17. The number of carbonyl (C=O) groups is 1. The molecule has 1 aliphatic heterocycles. The van der Waals surface area contributed by atoms with Crippen molar-refractivity contribution >= 4 is 5.91 Å². The van der Waals surface area contributed by atoms with Crippen LogP contribution in [0.4, 0.5) is 0 Å². The van der Waals surface area contributed by atoms with Crippen LogP contribution in [0.2, 0.25) is 0 Å². The van der Waals surface area contributed by atoms with Crippen LogP contribution in [0.3, 0.4) is 0 Å². The third-order valence-corrected chi connectivity index (χ3v) is 3.34. The highest BCUT2D eigenvalue weighted by atomic mass is 16.5. The smallest absolute Gasteiger partial charge is 0.276 e. The number of carbonyl (C=O) groups excluding carboxylic acids is 1. The van der Waals surface area contributed by atoms with Crippen molar-refractivity contribution in [3.63, 3.8) is 0 Å². The van der Waals surface area contributed by atoms with Crippen LogP contribution in [0.15, 0.2) is 15.1 Å². The Kier molecular flexibility index (Phi) is 3.04. The molecule has 7 nitrogen and oxygen atoms in total. The lowest BCUT2D eigenvalue weighted by Crippen LogP contribution is -2.48. The van der Waals surface area contributed by atoms with Crippen molar-refractivity contribution in [3.8, 4) is 0 Å². The standard InChI is InChI=1S/C13H16N4O3/c1-7(2)11-14-12(20-16-11)9-5-17(6-9)13(18)10-4-8(3)19-15-10/h4,7,9H,5-6H2,1-3H3. The molecule has 1 aliphatic rings. The molecule has 2 aromatic heterocycles. The summed E-state index contributed by atoms with van der Waals surface area (Å²) in [4.78, 5) is 18.1. The lowest BCUT2D eigenvalue weighted by atomic mass is 9.99. The Labute approximate surface area is 115 Å². The number of amides is 1. The summed E-state index contributed by atoms with van der Waals surface area (Å²) in [6, 6.07) is 1.64. The molecule has 7 heteroatoms. The van der Waals surface area contributed by atoms with Crippen LogP contribution in [0.5, 0.6) is 0 Å². The molecular formula is C13H16N4O3. The molecule has 3 rings (SSSR count). The maximum absolute atomic E-state index is 12.1. The van der Waals surface area contributed by atoms with Gasteiger partial charge in [0, 0.05) is 25.1 Å². The molecule has 2 aromatic rings. The lowest BCUT2D eigenvalue weighted by Gasteiger charge is -2.36. The van der Waals surface area contributed by atoms with E-state index in [0.717, 1.165) is 0 Å². The molecule has 0 atom stereocenters. The van der Waals surface area contributed by atoms with Gasteiger partial charge in [-0.15, -0.1) is 0 Å². The summed E-state index contributed by atoms with van der Waals surface area (Å²) in [6.07, 6.45) is 0. The minimum Gasteiger partial charge on any atom is -0.361 e. The Balaban J connectivity index is 1.62. The average Bonchev–Trinajstić information content (AvgIpc) is 2.96. The summed E-state index contributed by atoms with van der Waals surface area (Å²) < 4.78 is 10.1. The molecule has 0 aromatic carbocycles. The molecule has 0 unspecified atom stereocenters. The number of aromatic nitrogens is 3. The largest absolute Gasteiger partial charge is 0.361 e. The van der Waals surface area contributed by atoms with Gasteiger partial charge < -0.3 is 13.9 Å². The first kappa shape index (κ1) is 12.8. The van der Waals surface area contributed by atoms with E-state index >= 15 is 0 Å². The maximum Gasteiger partial charge on any atom is 0.276 e. The van der Waals surface area contributed by atoms with Crippen LogP contribution in [-0.4, -0.2) is 39.2 Å². The first-order valence-corrected chi connectivity index (χ1v) is 6.60. The fourth-order valence-electron chi connectivity index (χ4n) is 2.08. The molecule has 0 radical (unpaired) electrons. The molecule has 1 amide bonds. The Morgan fingerprint density at radius 3 is 2.65 bits per heavy atom. The SMILES string of the molecule is Cc1cc(C(=O)N2CC(c3nc(C(C)C)no3)C2)no1. The first-order chi connectivity index (χ1) is 9.54. The second-order valence-corrected chi connectivity index (χ2v) is 5.38. The monoisotopic (exact) mass is 276 g/mol. The number of aryl methyl sites for hydroxylation is 1. The molecule has 0 N–H and O–H groups in total. The maximum atomic E-state index is 12.1. The quantitative estimate of drug-likeness (QED) is 0.848. The first-order valence-electron chi connectivity index (χ1n) is 6.60. The number of likely N-dealkylation sites (tertiary alicyclic amines) is 1. The van der Waals surface area contributed by atoms with Crippen LogP contribution in [-0.2, 0) is 0 Å². The number of rotatable bonds is 3. The summed E-state index contributed by atoms with van der Waals surface area (Å²) in [5, 5.41) is 7.66. The van der Waals surface area contributed by atoms with Gasteiger partial charge in [-0.2, -0.15) is 4.98 Å². The van der Waals surface area contributed by atoms with Gasteiger partial charge in [-0.25, -0.2) is 0 Å². The molecule has 0 aliphatic carbocycles. The van der Waals surface area contributed by atoms with E-state index in [1.165, 1.54) is 0 Å². The van der Waals surface area contributed by atoms with Gasteiger partial charge in [0.1, 0.15) is 5.76 Å². The van der Waals surface area contributed by atoms with Gasteiger partial charge in [-0.3, -0.25) is 4.79 Å². The predicted molar refractivity (Wildman–Crippen MR) is 68.3 cm³/mol. The number of nitrogens with zero attached hydrogens (tertiary/aromatic N) is 4. The van der Waals surface area contributed by atoms with E-state index in [0.29, 0.717) is 36.3 Å². The molecule has 106 valence electrons. The van der Waals surface area contributed by atoms with E-state index in [2.05, 4.69) is 15.3 Å². The van der Waals surface area contributed by atoms with Gasteiger partial charge in [0.25, 0.3) is 5.91 Å². The van der Waals surface area contributed by atoms with Crippen molar-refractivity contribution in [1.82, 2.24) is 20.2 Å². The molecule has 1 saturated heterocycles. The molecule has 3 heterocycles. The van der Waals surface area contributed by atoms with Crippen molar-refractivity contribution in [2.75, 3.05) is 13.1 Å². The number of hydrogen-bond acceptors (Lipinski definition) is 6. The zero-order valence-electron chi connectivity index (χ0n) is 11.7. The Morgan fingerprint density at radius 2 is 2.10 bits per heavy atom. The van der Waals surface area contributed by atoms with Crippen molar-refractivity contribution in [2.24, 2.45) is 0 Å². The third kappa shape index (κ3) is 2.19. The van der Waals surface area contributed by atoms with Crippen LogP contribution in [0.1, 0.15) is 53.6 Å². The van der Waals surface area contributed by atoms with E-state index in [9.17, 15) is 4.79 Å². The fraction of sp³-hybridized carbons (Fsp3) is 0.538. The summed E-state index contributed by atoms with van der Waals surface area (Å²) in [6.45, 7) is 6.93. The van der Waals surface area contributed by atoms with Crippen molar-refractivity contribution < 1.29 is 13.8 Å². The van der Waals surface area contributed by atoms with Crippen molar-refractivity contribution in [2.45, 2.75) is 32.6 Å². The van der Waals surface area contributed by atoms with Crippen molar-refractivity contribution in [1.29, 1.82) is 0 Å². The second kappa shape index (κ2) is 4.73. The van der Waals surface area contributed by atoms with E-state index in [-0.39, 0.29) is 17.7 Å².